The number of amides is 1. The largest absolute Gasteiger partial charge is 0.487 e. The van der Waals surface area contributed by atoms with Gasteiger partial charge in [0, 0.05) is 30.5 Å². The van der Waals surface area contributed by atoms with Crippen molar-refractivity contribution in [2.24, 2.45) is 0 Å². The molecule has 3 heterocycles. The summed E-state index contributed by atoms with van der Waals surface area (Å²) in [5.74, 6) is 0.855. The topological polar surface area (TPSA) is 65.4 Å². The van der Waals surface area contributed by atoms with E-state index >= 15 is 0 Å². The summed E-state index contributed by atoms with van der Waals surface area (Å²) in [6, 6.07) is 8.14. The van der Waals surface area contributed by atoms with E-state index in [2.05, 4.69) is 29.5 Å². The van der Waals surface area contributed by atoms with Crippen molar-refractivity contribution in [3.05, 3.63) is 46.8 Å². The van der Waals surface area contributed by atoms with Crippen LogP contribution in [0.5, 0.6) is 5.75 Å². The van der Waals surface area contributed by atoms with Crippen LogP contribution < -0.4 is 10.1 Å². The number of aryl methyl sites for hydroxylation is 3. The van der Waals surface area contributed by atoms with E-state index in [0.717, 1.165) is 47.5 Å². The first kappa shape index (κ1) is 18.0. The zero-order valence-electron chi connectivity index (χ0n) is 16.2. The molecule has 1 fully saturated rings. The van der Waals surface area contributed by atoms with E-state index in [-0.39, 0.29) is 24.1 Å². The molecule has 2 aliphatic heterocycles. The predicted octanol–water partition coefficient (Wildman–Crippen LogP) is 3.00. The van der Waals surface area contributed by atoms with Gasteiger partial charge in [0.2, 0.25) is 5.91 Å². The van der Waals surface area contributed by atoms with Gasteiger partial charge in [0.25, 0.3) is 0 Å². The van der Waals surface area contributed by atoms with Crippen molar-refractivity contribution in [2.75, 3.05) is 13.2 Å². The number of hydrogen-bond donors (Lipinski definition) is 1. The predicted molar refractivity (Wildman–Crippen MR) is 102 cm³/mol. The summed E-state index contributed by atoms with van der Waals surface area (Å²) in [6.07, 6.45) is 2.48. The van der Waals surface area contributed by atoms with Crippen molar-refractivity contribution in [3.63, 3.8) is 0 Å². The molecule has 2 aromatic rings. The van der Waals surface area contributed by atoms with E-state index in [9.17, 15) is 4.79 Å². The standard InChI is InChI=1S/C21H27N3O3/c1-14-4-5-19-17(10-14)18(12-21(27-19)6-8-26-9-7-21)22-20(25)13-24-16(3)11-15(2)23-24/h4-5,10-11,18H,6-9,12-13H2,1-3H3,(H,22,25). The Kier molecular flexibility index (Phi) is 4.68. The van der Waals surface area contributed by atoms with Crippen molar-refractivity contribution in [1.82, 2.24) is 15.1 Å². The van der Waals surface area contributed by atoms with Crippen LogP contribution in [0.15, 0.2) is 24.3 Å². The van der Waals surface area contributed by atoms with E-state index in [4.69, 9.17) is 9.47 Å². The molecule has 1 atom stereocenters. The van der Waals surface area contributed by atoms with Crippen molar-refractivity contribution in [1.29, 1.82) is 0 Å². The molecule has 27 heavy (non-hydrogen) atoms. The molecule has 0 aliphatic carbocycles. The second-order valence-electron chi connectivity index (χ2n) is 7.85. The Hall–Kier alpha value is -2.34. The summed E-state index contributed by atoms with van der Waals surface area (Å²) >= 11 is 0. The molecular formula is C21H27N3O3. The van der Waals surface area contributed by atoms with E-state index in [1.54, 1.807) is 4.68 Å². The summed E-state index contributed by atoms with van der Waals surface area (Å²) in [5, 5.41) is 7.64. The fourth-order valence-electron chi connectivity index (χ4n) is 4.18. The van der Waals surface area contributed by atoms with Crippen LogP contribution in [0.4, 0.5) is 0 Å². The van der Waals surface area contributed by atoms with Crippen LogP contribution in [0, 0.1) is 20.8 Å². The van der Waals surface area contributed by atoms with Gasteiger partial charge in [-0.15, -0.1) is 0 Å². The summed E-state index contributed by atoms with van der Waals surface area (Å²) < 4.78 is 13.7. The first-order chi connectivity index (χ1) is 12.9. The summed E-state index contributed by atoms with van der Waals surface area (Å²) in [5.41, 5.74) is 3.89. The van der Waals surface area contributed by atoms with Crippen LogP contribution >= 0.6 is 0 Å². The monoisotopic (exact) mass is 369 g/mol. The van der Waals surface area contributed by atoms with E-state index < -0.39 is 0 Å². The number of rotatable bonds is 3. The number of ether oxygens (including phenoxy) is 2. The summed E-state index contributed by atoms with van der Waals surface area (Å²) in [4.78, 5) is 12.8. The Labute approximate surface area is 159 Å². The average molecular weight is 369 g/mol. The first-order valence-corrected chi connectivity index (χ1v) is 9.62. The summed E-state index contributed by atoms with van der Waals surface area (Å²) in [6.45, 7) is 7.61. The third-order valence-electron chi connectivity index (χ3n) is 5.58. The van der Waals surface area contributed by atoms with Gasteiger partial charge < -0.3 is 14.8 Å². The fraction of sp³-hybridized carbons (Fsp3) is 0.524. The molecule has 1 N–H and O–H groups in total. The van der Waals surface area contributed by atoms with Crippen LogP contribution in [0.25, 0.3) is 0 Å². The van der Waals surface area contributed by atoms with Gasteiger partial charge in [-0.3, -0.25) is 9.48 Å². The van der Waals surface area contributed by atoms with Gasteiger partial charge in [-0.25, -0.2) is 0 Å². The van der Waals surface area contributed by atoms with Gasteiger partial charge in [-0.1, -0.05) is 17.7 Å². The molecule has 4 rings (SSSR count). The molecule has 0 bridgehead atoms. The van der Waals surface area contributed by atoms with Gasteiger partial charge in [-0.05, 0) is 32.9 Å². The lowest BCUT2D eigenvalue weighted by Crippen LogP contribution is -2.49. The van der Waals surface area contributed by atoms with E-state index in [1.807, 2.05) is 26.0 Å². The molecule has 2 aliphatic rings. The molecule has 6 heteroatoms. The normalized spacial score (nSPS) is 20.8. The third-order valence-corrected chi connectivity index (χ3v) is 5.58. The first-order valence-electron chi connectivity index (χ1n) is 9.62. The number of carbonyl (C=O) groups is 1. The van der Waals surface area contributed by atoms with E-state index in [1.165, 1.54) is 0 Å². The highest BCUT2D eigenvalue weighted by molar-refractivity contribution is 5.76. The Morgan fingerprint density at radius 2 is 2.04 bits per heavy atom. The van der Waals surface area contributed by atoms with Crippen molar-refractivity contribution < 1.29 is 14.3 Å². The molecule has 1 saturated heterocycles. The fourth-order valence-corrected chi connectivity index (χ4v) is 4.18. The molecule has 6 nitrogen and oxygen atoms in total. The molecule has 1 aromatic carbocycles. The van der Waals surface area contributed by atoms with Crippen molar-refractivity contribution >= 4 is 5.91 Å². The molecule has 0 radical (unpaired) electrons. The minimum atomic E-state index is -0.253. The average Bonchev–Trinajstić information content (AvgIpc) is 2.93. The molecule has 1 aromatic heterocycles. The number of carbonyl (C=O) groups excluding carboxylic acids is 1. The number of nitrogens with zero attached hydrogens (tertiary/aromatic N) is 2. The number of hydrogen-bond acceptors (Lipinski definition) is 4. The molecule has 0 saturated carbocycles. The smallest absolute Gasteiger partial charge is 0.242 e. The number of nitrogens with one attached hydrogen (secondary N) is 1. The second kappa shape index (κ2) is 7.00. The maximum absolute atomic E-state index is 12.8. The molecule has 1 spiro atoms. The lowest BCUT2D eigenvalue weighted by atomic mass is 9.81. The van der Waals surface area contributed by atoms with Gasteiger partial charge in [0.05, 0.1) is 24.9 Å². The highest BCUT2D eigenvalue weighted by Gasteiger charge is 2.42. The number of aromatic nitrogens is 2. The minimum absolute atomic E-state index is 0.0252. The highest BCUT2D eigenvalue weighted by atomic mass is 16.5. The summed E-state index contributed by atoms with van der Waals surface area (Å²) in [7, 11) is 0. The van der Waals surface area contributed by atoms with Crippen LogP contribution in [0.3, 0.4) is 0 Å². The van der Waals surface area contributed by atoms with Gasteiger partial charge >= 0.3 is 0 Å². The Morgan fingerprint density at radius 1 is 1.26 bits per heavy atom. The van der Waals surface area contributed by atoms with Crippen LogP contribution in [-0.4, -0.2) is 34.5 Å². The van der Waals surface area contributed by atoms with Crippen molar-refractivity contribution in [3.8, 4) is 5.75 Å². The maximum atomic E-state index is 12.8. The highest BCUT2D eigenvalue weighted by Crippen LogP contribution is 2.44. The Balaban J connectivity index is 1.57. The Morgan fingerprint density at radius 3 is 2.74 bits per heavy atom. The minimum Gasteiger partial charge on any atom is -0.487 e. The van der Waals surface area contributed by atoms with Crippen LogP contribution in [0.2, 0.25) is 0 Å². The van der Waals surface area contributed by atoms with Gasteiger partial charge in [-0.2, -0.15) is 5.10 Å². The zero-order chi connectivity index (χ0) is 19.0. The second-order valence-corrected chi connectivity index (χ2v) is 7.85. The van der Waals surface area contributed by atoms with Crippen LogP contribution in [0.1, 0.15) is 47.8 Å². The number of fused-ring (bicyclic) bond motifs is 1. The van der Waals surface area contributed by atoms with Gasteiger partial charge in [0.1, 0.15) is 17.9 Å². The lowest BCUT2D eigenvalue weighted by Gasteiger charge is -2.44. The maximum Gasteiger partial charge on any atom is 0.242 e. The van der Waals surface area contributed by atoms with Gasteiger partial charge in [0.15, 0.2) is 0 Å². The third kappa shape index (κ3) is 3.72. The van der Waals surface area contributed by atoms with E-state index in [0.29, 0.717) is 13.2 Å². The molecule has 1 amide bonds. The lowest BCUT2D eigenvalue weighted by molar-refractivity contribution is -0.123. The molecule has 1 unspecified atom stereocenters. The quantitative estimate of drug-likeness (QED) is 0.903. The zero-order valence-corrected chi connectivity index (χ0v) is 16.2. The van der Waals surface area contributed by atoms with Crippen LogP contribution in [-0.2, 0) is 16.1 Å². The SMILES string of the molecule is Cc1ccc2c(c1)C(NC(=O)Cn1nc(C)cc1C)CC1(CCOCC1)O2. The number of benzene rings is 1. The Bertz CT molecular complexity index is 852. The van der Waals surface area contributed by atoms with Crippen molar-refractivity contribution in [2.45, 2.75) is 58.2 Å². The molecule has 144 valence electrons. The molecular weight excluding hydrogens is 342 g/mol.